The summed E-state index contributed by atoms with van der Waals surface area (Å²) in [6, 6.07) is 3.95. The molecule has 0 atom stereocenters. The summed E-state index contributed by atoms with van der Waals surface area (Å²) in [5, 5.41) is 6.26. The van der Waals surface area contributed by atoms with Crippen LogP contribution in [0, 0.1) is 12.7 Å². The number of aromatic nitrogens is 3. The van der Waals surface area contributed by atoms with Gasteiger partial charge in [-0.15, -0.1) is 0 Å². The second-order valence-corrected chi connectivity index (χ2v) is 5.75. The second kappa shape index (κ2) is 5.45. The van der Waals surface area contributed by atoms with Crippen molar-refractivity contribution in [2.45, 2.75) is 18.2 Å². The van der Waals surface area contributed by atoms with Gasteiger partial charge in [0.15, 0.2) is 0 Å². The first-order valence-corrected chi connectivity index (χ1v) is 7.07. The normalized spacial score (nSPS) is 11.7. The van der Waals surface area contributed by atoms with Crippen molar-refractivity contribution in [3.63, 3.8) is 0 Å². The van der Waals surface area contributed by atoms with E-state index < -0.39 is 15.8 Å². The maximum Gasteiger partial charge on any atom is 0.243 e. The predicted octanol–water partition coefficient (Wildman–Crippen LogP) is 0.773. The third-order valence-electron chi connectivity index (χ3n) is 2.50. The number of halogens is 1. The summed E-state index contributed by atoms with van der Waals surface area (Å²) in [5.41, 5.74) is 0.678. The summed E-state index contributed by atoms with van der Waals surface area (Å²) in [5.74, 6) is -0.204. The summed E-state index contributed by atoms with van der Waals surface area (Å²) in [6.07, 6.45) is 1.69. The van der Waals surface area contributed by atoms with Crippen LogP contribution in [0.1, 0.15) is 11.4 Å². The number of aryl methyl sites for hydroxylation is 1. The lowest BCUT2D eigenvalue weighted by Gasteiger charge is -2.07. The van der Waals surface area contributed by atoms with Crippen molar-refractivity contribution in [1.82, 2.24) is 19.9 Å². The lowest BCUT2D eigenvalue weighted by atomic mass is 10.2. The van der Waals surface area contributed by atoms with Gasteiger partial charge in [0.2, 0.25) is 10.0 Å². The van der Waals surface area contributed by atoms with Crippen LogP contribution < -0.4 is 4.72 Å². The molecule has 0 aliphatic carbocycles. The molecule has 6 nitrogen and oxygen atoms in total. The highest BCUT2D eigenvalue weighted by Crippen LogP contribution is 2.15. The van der Waals surface area contributed by atoms with Crippen LogP contribution in [-0.4, -0.2) is 30.1 Å². The maximum absolute atomic E-state index is 13.5. The molecule has 0 aliphatic rings. The zero-order valence-electron chi connectivity index (χ0n) is 10.2. The van der Waals surface area contributed by atoms with E-state index in [9.17, 15) is 12.8 Å². The number of sulfonamides is 1. The van der Waals surface area contributed by atoms with Gasteiger partial charge in [-0.2, -0.15) is 5.10 Å². The molecule has 1 aromatic carbocycles. The van der Waals surface area contributed by atoms with Gasteiger partial charge < -0.3 is 0 Å². The minimum Gasteiger partial charge on any atom is -0.263 e. The van der Waals surface area contributed by atoms with Crippen LogP contribution in [0.4, 0.5) is 4.39 Å². The fraction of sp³-hybridized carbons (Fsp3) is 0.273. The number of aromatic amines is 1. The SMILES string of the molecule is Cc1ccc(F)c(S(=O)(=O)NCCc2ncn[nH]2)c1. The molecule has 19 heavy (non-hydrogen) atoms. The van der Waals surface area contributed by atoms with Crippen molar-refractivity contribution in [2.75, 3.05) is 6.54 Å². The molecule has 1 aromatic heterocycles. The van der Waals surface area contributed by atoms with Gasteiger partial charge in [-0.3, -0.25) is 5.10 Å². The van der Waals surface area contributed by atoms with Crippen molar-refractivity contribution in [2.24, 2.45) is 0 Å². The van der Waals surface area contributed by atoms with E-state index in [1.807, 2.05) is 0 Å². The van der Waals surface area contributed by atoms with Crippen LogP contribution in [0.2, 0.25) is 0 Å². The van der Waals surface area contributed by atoms with Crippen molar-refractivity contribution in [3.05, 3.63) is 41.7 Å². The van der Waals surface area contributed by atoms with Gasteiger partial charge in [0, 0.05) is 13.0 Å². The van der Waals surface area contributed by atoms with Crippen molar-refractivity contribution < 1.29 is 12.8 Å². The fourth-order valence-corrected chi connectivity index (χ4v) is 2.74. The van der Waals surface area contributed by atoms with Gasteiger partial charge in [-0.25, -0.2) is 22.5 Å². The lowest BCUT2D eigenvalue weighted by molar-refractivity contribution is 0.556. The first-order chi connectivity index (χ1) is 8.99. The van der Waals surface area contributed by atoms with E-state index >= 15 is 0 Å². The van der Waals surface area contributed by atoms with Crippen LogP contribution in [0.25, 0.3) is 0 Å². The molecule has 2 N–H and O–H groups in total. The van der Waals surface area contributed by atoms with E-state index in [1.54, 1.807) is 6.92 Å². The Kier molecular flexibility index (Phi) is 3.91. The van der Waals surface area contributed by atoms with E-state index in [1.165, 1.54) is 18.5 Å². The largest absolute Gasteiger partial charge is 0.263 e. The highest BCUT2D eigenvalue weighted by Gasteiger charge is 2.18. The Hall–Kier alpha value is -1.80. The molecule has 8 heteroatoms. The highest BCUT2D eigenvalue weighted by molar-refractivity contribution is 7.89. The summed E-state index contributed by atoms with van der Waals surface area (Å²) >= 11 is 0. The average Bonchev–Trinajstić information content (AvgIpc) is 2.85. The van der Waals surface area contributed by atoms with E-state index in [2.05, 4.69) is 19.9 Å². The zero-order chi connectivity index (χ0) is 13.9. The summed E-state index contributed by atoms with van der Waals surface area (Å²) in [4.78, 5) is 3.52. The molecule has 0 radical (unpaired) electrons. The molecule has 102 valence electrons. The molecule has 0 amide bonds. The quantitative estimate of drug-likeness (QED) is 0.849. The number of nitrogens with one attached hydrogen (secondary N) is 2. The Balaban J connectivity index is 2.07. The van der Waals surface area contributed by atoms with Gasteiger partial charge in [0.1, 0.15) is 22.9 Å². The van der Waals surface area contributed by atoms with Crippen LogP contribution in [0.3, 0.4) is 0 Å². The van der Waals surface area contributed by atoms with E-state index in [0.29, 0.717) is 17.8 Å². The average molecular weight is 284 g/mol. The molecular weight excluding hydrogens is 271 g/mol. The van der Waals surface area contributed by atoms with Crippen LogP contribution in [-0.2, 0) is 16.4 Å². The molecule has 0 saturated heterocycles. The Morgan fingerprint density at radius 2 is 2.21 bits per heavy atom. The first-order valence-electron chi connectivity index (χ1n) is 5.59. The molecule has 0 fully saturated rings. The van der Waals surface area contributed by atoms with Crippen LogP contribution >= 0.6 is 0 Å². The fourth-order valence-electron chi connectivity index (χ4n) is 1.55. The van der Waals surface area contributed by atoms with Crippen LogP contribution in [0.15, 0.2) is 29.4 Å². The third-order valence-corrected chi connectivity index (χ3v) is 3.97. The maximum atomic E-state index is 13.5. The number of hydrogen-bond donors (Lipinski definition) is 2. The standard InChI is InChI=1S/C11H13FN4O2S/c1-8-2-3-9(12)10(6-8)19(17,18)15-5-4-11-13-7-14-16-11/h2-3,6-7,15H,4-5H2,1H3,(H,13,14,16). The van der Waals surface area contributed by atoms with Gasteiger partial charge >= 0.3 is 0 Å². The molecule has 0 saturated carbocycles. The number of benzene rings is 1. The Bertz CT molecular complexity index is 655. The van der Waals surface area contributed by atoms with Gasteiger partial charge in [-0.1, -0.05) is 6.07 Å². The smallest absolute Gasteiger partial charge is 0.243 e. The Morgan fingerprint density at radius 3 is 2.89 bits per heavy atom. The molecule has 1 heterocycles. The van der Waals surface area contributed by atoms with Gasteiger partial charge in [0.25, 0.3) is 0 Å². The second-order valence-electron chi connectivity index (χ2n) is 4.01. The third kappa shape index (κ3) is 3.36. The molecule has 0 aliphatic heterocycles. The van der Waals surface area contributed by atoms with E-state index in [0.717, 1.165) is 6.07 Å². The Labute approximate surface area is 110 Å². The summed E-state index contributed by atoms with van der Waals surface area (Å²) in [7, 11) is -3.85. The van der Waals surface area contributed by atoms with Crippen LogP contribution in [0.5, 0.6) is 0 Å². The molecule has 0 bridgehead atoms. The predicted molar refractivity (Wildman–Crippen MR) is 66.4 cm³/mol. The molecule has 0 unspecified atom stereocenters. The van der Waals surface area contributed by atoms with Gasteiger partial charge in [-0.05, 0) is 24.6 Å². The van der Waals surface area contributed by atoms with E-state index in [-0.39, 0.29) is 11.4 Å². The molecule has 2 rings (SSSR count). The van der Waals surface area contributed by atoms with Gasteiger partial charge in [0.05, 0.1) is 0 Å². The Morgan fingerprint density at radius 1 is 1.42 bits per heavy atom. The summed E-state index contributed by atoms with van der Waals surface area (Å²) < 4.78 is 39.7. The number of nitrogens with zero attached hydrogens (tertiary/aromatic N) is 2. The zero-order valence-corrected chi connectivity index (χ0v) is 11.0. The number of H-pyrrole nitrogens is 1. The summed E-state index contributed by atoms with van der Waals surface area (Å²) in [6.45, 7) is 1.82. The van der Waals surface area contributed by atoms with Crippen molar-refractivity contribution in [3.8, 4) is 0 Å². The number of rotatable bonds is 5. The topological polar surface area (TPSA) is 87.7 Å². The van der Waals surface area contributed by atoms with E-state index in [4.69, 9.17) is 0 Å². The molecule has 0 spiro atoms. The van der Waals surface area contributed by atoms with Crippen molar-refractivity contribution >= 4 is 10.0 Å². The van der Waals surface area contributed by atoms with Crippen molar-refractivity contribution in [1.29, 1.82) is 0 Å². The minimum atomic E-state index is -3.85. The number of hydrogen-bond acceptors (Lipinski definition) is 4. The minimum absolute atomic E-state index is 0.116. The molecule has 2 aromatic rings. The first kappa shape index (κ1) is 13.6. The molecular formula is C11H13FN4O2S. The monoisotopic (exact) mass is 284 g/mol. The lowest BCUT2D eigenvalue weighted by Crippen LogP contribution is -2.27. The highest BCUT2D eigenvalue weighted by atomic mass is 32.2.